The SMILES string of the molecule is CCCCCCCCCC([C+]1N=CC=N1)C(CC)Cc1ccccc1. The van der Waals surface area contributed by atoms with Crippen molar-refractivity contribution in [3.05, 3.63) is 42.1 Å². The topological polar surface area (TPSA) is 24.7 Å². The molecule has 2 nitrogen and oxygen atoms in total. The molecule has 2 rings (SSSR count). The van der Waals surface area contributed by atoms with E-state index in [9.17, 15) is 0 Å². The molecule has 1 aliphatic rings. The van der Waals surface area contributed by atoms with Gasteiger partial charge in [0.2, 0.25) is 6.17 Å². The maximum absolute atomic E-state index is 4.56. The van der Waals surface area contributed by atoms with Gasteiger partial charge in [-0.05, 0) is 24.3 Å². The van der Waals surface area contributed by atoms with Gasteiger partial charge in [-0.15, -0.1) is 0 Å². The molecule has 0 aromatic heterocycles. The molecule has 0 N–H and O–H groups in total. The van der Waals surface area contributed by atoms with E-state index in [0.29, 0.717) is 11.8 Å². The quantitative estimate of drug-likeness (QED) is 0.284. The number of hydrogen-bond donors (Lipinski definition) is 0. The lowest BCUT2D eigenvalue weighted by Crippen LogP contribution is -2.21. The van der Waals surface area contributed by atoms with E-state index in [0.717, 1.165) is 12.6 Å². The third-order valence-electron chi connectivity index (χ3n) is 5.36. The van der Waals surface area contributed by atoms with Crippen LogP contribution in [0.1, 0.15) is 77.2 Å². The Morgan fingerprint density at radius 3 is 2.12 bits per heavy atom. The minimum absolute atomic E-state index is 0.496. The van der Waals surface area contributed by atoms with Crippen molar-refractivity contribution in [2.24, 2.45) is 21.8 Å². The molecule has 2 heteroatoms. The first kappa shape index (κ1) is 19.8. The van der Waals surface area contributed by atoms with Crippen LogP contribution in [0.2, 0.25) is 0 Å². The van der Waals surface area contributed by atoms with Crippen molar-refractivity contribution < 1.29 is 0 Å². The fraction of sp³-hybridized carbons (Fsp3) is 0.609. The van der Waals surface area contributed by atoms with Crippen molar-refractivity contribution >= 4 is 12.4 Å². The summed E-state index contributed by atoms with van der Waals surface area (Å²) in [6.07, 6.45) is 17.8. The van der Waals surface area contributed by atoms with Gasteiger partial charge in [0.1, 0.15) is 0 Å². The summed E-state index contributed by atoms with van der Waals surface area (Å²) < 4.78 is 0. The van der Waals surface area contributed by atoms with Crippen LogP contribution in [0.5, 0.6) is 0 Å². The maximum atomic E-state index is 4.56. The number of unbranched alkanes of at least 4 members (excludes halogenated alkanes) is 6. The molecule has 0 aliphatic carbocycles. The fourth-order valence-corrected chi connectivity index (χ4v) is 3.83. The van der Waals surface area contributed by atoms with Gasteiger partial charge in [-0.2, -0.15) is 0 Å². The van der Waals surface area contributed by atoms with Crippen LogP contribution in [-0.4, -0.2) is 12.4 Å². The lowest BCUT2D eigenvalue weighted by molar-refractivity contribution is 0.300. The second-order valence-corrected chi connectivity index (χ2v) is 7.29. The van der Waals surface area contributed by atoms with Crippen molar-refractivity contribution in [2.75, 3.05) is 0 Å². The van der Waals surface area contributed by atoms with Gasteiger partial charge in [0.25, 0.3) is 0 Å². The first-order valence-corrected chi connectivity index (χ1v) is 10.3. The molecule has 1 aliphatic heterocycles. The van der Waals surface area contributed by atoms with Gasteiger partial charge < -0.3 is 0 Å². The third-order valence-corrected chi connectivity index (χ3v) is 5.36. The lowest BCUT2D eigenvalue weighted by atomic mass is 9.80. The number of aliphatic imine (C=N–C) groups is 2. The van der Waals surface area contributed by atoms with Crippen molar-refractivity contribution in [1.29, 1.82) is 0 Å². The van der Waals surface area contributed by atoms with E-state index in [1.54, 1.807) is 0 Å². The molecule has 0 amide bonds. The van der Waals surface area contributed by atoms with E-state index in [1.165, 1.54) is 63.4 Å². The molecule has 136 valence electrons. The average Bonchev–Trinajstić information content (AvgIpc) is 3.18. The molecule has 1 aromatic rings. The Kier molecular flexibility index (Phi) is 9.40. The van der Waals surface area contributed by atoms with E-state index in [1.807, 2.05) is 12.4 Å². The highest BCUT2D eigenvalue weighted by Gasteiger charge is 2.34. The number of hydrogen-bond acceptors (Lipinski definition) is 2. The monoisotopic (exact) mass is 339 g/mol. The Morgan fingerprint density at radius 2 is 1.48 bits per heavy atom. The molecule has 0 fully saturated rings. The van der Waals surface area contributed by atoms with E-state index < -0.39 is 0 Å². The van der Waals surface area contributed by atoms with Crippen molar-refractivity contribution in [3.8, 4) is 0 Å². The highest BCUT2D eigenvalue weighted by Crippen LogP contribution is 2.35. The fourth-order valence-electron chi connectivity index (χ4n) is 3.83. The van der Waals surface area contributed by atoms with Gasteiger partial charge in [0.15, 0.2) is 12.4 Å². The predicted octanol–water partition coefficient (Wildman–Crippen LogP) is 6.66. The van der Waals surface area contributed by atoms with E-state index in [-0.39, 0.29) is 0 Å². The molecule has 0 saturated carbocycles. The van der Waals surface area contributed by atoms with Crippen molar-refractivity contribution in [2.45, 2.75) is 78.1 Å². The molecule has 25 heavy (non-hydrogen) atoms. The second kappa shape index (κ2) is 11.9. The average molecular weight is 340 g/mol. The van der Waals surface area contributed by atoms with Crippen LogP contribution in [0, 0.1) is 18.0 Å². The Hall–Kier alpha value is -1.57. The zero-order chi connectivity index (χ0) is 17.7. The molecule has 0 radical (unpaired) electrons. The molecule has 1 aromatic carbocycles. The van der Waals surface area contributed by atoms with Gasteiger partial charge in [0, 0.05) is 0 Å². The van der Waals surface area contributed by atoms with Crippen LogP contribution in [0.3, 0.4) is 0 Å². The predicted molar refractivity (Wildman–Crippen MR) is 110 cm³/mol. The Balaban J connectivity index is 1.86. The Labute approximate surface area is 154 Å². The molecule has 2 unspecified atom stereocenters. The van der Waals surface area contributed by atoms with Gasteiger partial charge in [0.05, 0.1) is 5.92 Å². The van der Waals surface area contributed by atoms with Crippen LogP contribution >= 0.6 is 0 Å². The summed E-state index contributed by atoms with van der Waals surface area (Å²) in [5.41, 5.74) is 1.44. The minimum Gasteiger partial charge on any atom is -0.0965 e. The highest BCUT2D eigenvalue weighted by molar-refractivity contribution is 6.18. The smallest absolute Gasteiger partial charge is 0.0965 e. The van der Waals surface area contributed by atoms with Gasteiger partial charge >= 0.3 is 0 Å². The number of nitrogens with zero attached hydrogens (tertiary/aromatic N) is 2. The molecular formula is C23H35N2+. The summed E-state index contributed by atoms with van der Waals surface area (Å²) in [4.78, 5) is 9.11. The summed E-state index contributed by atoms with van der Waals surface area (Å²) in [6.45, 7) is 4.59. The van der Waals surface area contributed by atoms with Crippen LogP contribution in [0.25, 0.3) is 0 Å². The summed E-state index contributed by atoms with van der Waals surface area (Å²) in [5, 5.41) is 0. The molecule has 1 heterocycles. The van der Waals surface area contributed by atoms with Crippen LogP contribution in [0.4, 0.5) is 0 Å². The van der Waals surface area contributed by atoms with Gasteiger partial charge in [-0.1, -0.05) is 106 Å². The largest absolute Gasteiger partial charge is 0.244 e. The van der Waals surface area contributed by atoms with Crippen LogP contribution in [0.15, 0.2) is 40.3 Å². The molecular weight excluding hydrogens is 304 g/mol. The summed E-state index contributed by atoms with van der Waals surface area (Å²) in [6, 6.07) is 10.9. The Morgan fingerprint density at radius 1 is 0.840 bits per heavy atom. The standard InChI is InChI=1S/C23H35N2/c1-3-5-6-7-8-9-13-16-22(23-24-17-18-25-23)21(4-2)19-20-14-11-10-12-15-20/h10-12,14-15,17-18,21-22H,3-9,13,16,19H2,1-2H3/q+1. The van der Waals surface area contributed by atoms with Gasteiger partial charge in [-0.3, -0.25) is 0 Å². The number of rotatable bonds is 13. The second-order valence-electron chi connectivity index (χ2n) is 7.29. The van der Waals surface area contributed by atoms with E-state index in [2.05, 4.69) is 54.2 Å². The summed E-state index contributed by atoms with van der Waals surface area (Å²) in [5.74, 6) is 1.13. The first-order valence-electron chi connectivity index (χ1n) is 10.3. The first-order chi connectivity index (χ1) is 12.3. The van der Waals surface area contributed by atoms with E-state index >= 15 is 0 Å². The molecule has 0 bridgehead atoms. The van der Waals surface area contributed by atoms with Crippen LogP contribution < -0.4 is 0 Å². The third kappa shape index (κ3) is 7.05. The summed E-state index contributed by atoms with van der Waals surface area (Å²) in [7, 11) is 0. The van der Waals surface area contributed by atoms with Gasteiger partial charge in [-0.25, -0.2) is 0 Å². The zero-order valence-corrected chi connectivity index (χ0v) is 16.2. The summed E-state index contributed by atoms with van der Waals surface area (Å²) >= 11 is 0. The minimum atomic E-state index is 0.496. The van der Waals surface area contributed by atoms with Crippen molar-refractivity contribution in [1.82, 2.24) is 0 Å². The lowest BCUT2D eigenvalue weighted by Gasteiger charge is -2.24. The Bertz CT molecular complexity index is 494. The molecule has 0 spiro atoms. The molecule has 2 atom stereocenters. The zero-order valence-electron chi connectivity index (χ0n) is 16.2. The molecule has 0 saturated heterocycles. The number of benzene rings is 1. The van der Waals surface area contributed by atoms with E-state index in [4.69, 9.17) is 0 Å². The maximum Gasteiger partial charge on any atom is 0.244 e. The van der Waals surface area contributed by atoms with Crippen LogP contribution in [-0.2, 0) is 6.42 Å². The highest BCUT2D eigenvalue weighted by atomic mass is 15.0. The normalized spacial score (nSPS) is 15.7. The van der Waals surface area contributed by atoms with Crippen molar-refractivity contribution in [3.63, 3.8) is 0 Å².